The average molecular weight is 614 g/mol. The smallest absolute Gasteiger partial charge is 0.167 e. The molecule has 3 aliphatic rings. The number of fused-ring (bicyclic) bond motifs is 2. The van der Waals surface area contributed by atoms with Crippen LogP contribution < -0.4 is 8.37 Å². The molecule has 0 amide bonds. The molecule has 3 aliphatic carbocycles. The minimum atomic E-state index is -0.0389. The van der Waals surface area contributed by atoms with Crippen LogP contribution in [0.3, 0.4) is 0 Å². The molecule has 4 aromatic rings. The Kier molecular flexibility index (Phi) is 7.79. The molecule has 0 aromatic heterocycles. The van der Waals surface area contributed by atoms with E-state index in [1.165, 1.54) is 48.1 Å². The van der Waals surface area contributed by atoms with Crippen molar-refractivity contribution in [1.29, 1.82) is 5.41 Å². The molecule has 1 fully saturated rings. The molecule has 0 atom stereocenters. The van der Waals surface area contributed by atoms with E-state index in [0.717, 1.165) is 62.0 Å². The Bertz CT molecular complexity index is 1830. The summed E-state index contributed by atoms with van der Waals surface area (Å²) in [5.41, 5.74) is 7.42. The monoisotopic (exact) mass is 613 g/mol. The standard InChI is InChI=1S/C38H31NO3S2/c1-25-30-8-2-4-10-32(30)37(24-34(25)39)44-42-29-18-14-27(15-19-29)38(22-6-7-23-38)26-12-16-28(17-13-26)41-43-36-21-20-35(40)31-9-3-5-11-33(31)36/h2-5,8-19,21,24,39H,1,6-7,20,22-23H2. The lowest BCUT2D eigenvalue weighted by molar-refractivity contribution is 0.0994. The lowest BCUT2D eigenvalue weighted by Gasteiger charge is -2.31. The van der Waals surface area contributed by atoms with Crippen molar-refractivity contribution in [2.45, 2.75) is 37.5 Å². The highest BCUT2D eigenvalue weighted by molar-refractivity contribution is 8.04. The molecule has 1 N–H and O–H groups in total. The third kappa shape index (κ3) is 5.33. The Balaban J connectivity index is 1.04. The number of nitrogens with one attached hydrogen (secondary N) is 1. The Hall–Kier alpha value is -4.26. The van der Waals surface area contributed by atoms with E-state index in [0.29, 0.717) is 12.1 Å². The molecule has 0 saturated heterocycles. The average Bonchev–Trinajstić information content (AvgIpc) is 3.57. The molecular formula is C38H31NO3S2. The highest BCUT2D eigenvalue weighted by atomic mass is 32.2. The maximum absolute atomic E-state index is 12.3. The molecular weight excluding hydrogens is 583 g/mol. The van der Waals surface area contributed by atoms with E-state index >= 15 is 0 Å². The van der Waals surface area contributed by atoms with Gasteiger partial charge in [0.2, 0.25) is 0 Å². The maximum Gasteiger partial charge on any atom is 0.167 e. The van der Waals surface area contributed by atoms with Gasteiger partial charge in [0, 0.05) is 28.5 Å². The van der Waals surface area contributed by atoms with Crippen molar-refractivity contribution in [3.05, 3.63) is 149 Å². The van der Waals surface area contributed by atoms with Crippen LogP contribution in [0.1, 0.15) is 70.3 Å². The van der Waals surface area contributed by atoms with Gasteiger partial charge in [0.05, 0.1) is 39.6 Å². The SMILES string of the molecule is C=C1C(=N)C=C(SOc2ccc(C3(c4ccc(OSC5=CCC(=O)c6ccccc65)cc4)CCCC3)cc2)c2ccccc21. The molecule has 6 heteroatoms. The predicted octanol–water partition coefficient (Wildman–Crippen LogP) is 10.3. The van der Waals surface area contributed by atoms with Crippen LogP contribution in [0.4, 0.5) is 0 Å². The van der Waals surface area contributed by atoms with Crippen LogP contribution in [0.2, 0.25) is 0 Å². The summed E-state index contributed by atoms with van der Waals surface area (Å²) in [6.45, 7) is 4.07. The first-order valence-electron chi connectivity index (χ1n) is 14.8. The van der Waals surface area contributed by atoms with Crippen molar-refractivity contribution >= 4 is 51.0 Å². The molecule has 0 aliphatic heterocycles. The topological polar surface area (TPSA) is 59.4 Å². The molecule has 218 valence electrons. The first-order chi connectivity index (χ1) is 21.5. The number of rotatable bonds is 8. The largest absolute Gasteiger partial charge is 0.421 e. The number of carbonyl (C=O) groups excluding carboxylic acids is 1. The highest BCUT2D eigenvalue weighted by Crippen LogP contribution is 2.48. The normalized spacial score (nSPS) is 17.0. The van der Waals surface area contributed by atoms with Crippen molar-refractivity contribution in [3.8, 4) is 11.5 Å². The second kappa shape index (κ2) is 12.0. The number of benzene rings is 4. The minimum Gasteiger partial charge on any atom is -0.421 e. The lowest BCUT2D eigenvalue weighted by Crippen LogP contribution is -2.23. The van der Waals surface area contributed by atoms with Crippen LogP contribution in [0.15, 0.2) is 116 Å². The van der Waals surface area contributed by atoms with E-state index in [-0.39, 0.29) is 11.2 Å². The van der Waals surface area contributed by atoms with Gasteiger partial charge in [-0.05, 0) is 65.4 Å². The zero-order valence-corrected chi connectivity index (χ0v) is 25.8. The van der Waals surface area contributed by atoms with Gasteiger partial charge in [-0.1, -0.05) is 98.3 Å². The Morgan fingerprint density at radius 1 is 0.659 bits per heavy atom. The van der Waals surface area contributed by atoms with Gasteiger partial charge in [0.25, 0.3) is 0 Å². The molecule has 4 nitrogen and oxygen atoms in total. The van der Waals surface area contributed by atoms with Gasteiger partial charge in [-0.15, -0.1) is 0 Å². The molecule has 0 spiro atoms. The van der Waals surface area contributed by atoms with Crippen LogP contribution in [0.25, 0.3) is 15.4 Å². The summed E-state index contributed by atoms with van der Waals surface area (Å²) >= 11 is 2.60. The molecule has 0 bridgehead atoms. The third-order valence-corrected chi connectivity index (χ3v) is 10.4. The number of hydrogen-bond donors (Lipinski definition) is 1. The van der Waals surface area contributed by atoms with E-state index < -0.39 is 0 Å². The van der Waals surface area contributed by atoms with E-state index in [1.54, 1.807) is 0 Å². The fraction of sp³-hybridized carbons (Fsp3) is 0.158. The van der Waals surface area contributed by atoms with Crippen LogP contribution >= 0.6 is 24.1 Å². The number of ketones is 1. The van der Waals surface area contributed by atoms with Crippen LogP contribution in [0.5, 0.6) is 11.5 Å². The van der Waals surface area contributed by atoms with E-state index in [4.69, 9.17) is 13.8 Å². The second-order valence-electron chi connectivity index (χ2n) is 11.4. The summed E-state index contributed by atoms with van der Waals surface area (Å²) in [4.78, 5) is 14.2. The van der Waals surface area contributed by atoms with Crippen LogP contribution in [-0.2, 0) is 5.41 Å². The van der Waals surface area contributed by atoms with Gasteiger partial charge in [-0.2, -0.15) is 0 Å². The second-order valence-corrected chi connectivity index (χ2v) is 12.9. The summed E-state index contributed by atoms with van der Waals surface area (Å²) in [7, 11) is 0. The Labute approximate surface area is 266 Å². The minimum absolute atomic E-state index is 0.0389. The van der Waals surface area contributed by atoms with Crippen LogP contribution in [0, 0.1) is 5.41 Å². The van der Waals surface area contributed by atoms with Crippen molar-refractivity contribution in [2.75, 3.05) is 0 Å². The zero-order chi connectivity index (χ0) is 30.1. The van der Waals surface area contributed by atoms with Gasteiger partial charge < -0.3 is 13.8 Å². The quantitative estimate of drug-likeness (QED) is 0.200. The van der Waals surface area contributed by atoms with E-state index in [1.807, 2.05) is 60.7 Å². The molecule has 44 heavy (non-hydrogen) atoms. The Morgan fingerprint density at radius 2 is 1.16 bits per heavy atom. The number of carbonyl (C=O) groups is 1. The van der Waals surface area contributed by atoms with Crippen molar-refractivity contribution in [3.63, 3.8) is 0 Å². The molecule has 4 aromatic carbocycles. The number of allylic oxidation sites excluding steroid dienone is 3. The third-order valence-electron chi connectivity index (χ3n) is 8.81. The molecule has 0 radical (unpaired) electrons. The van der Waals surface area contributed by atoms with Gasteiger partial charge in [0.15, 0.2) is 5.78 Å². The number of Topliss-reactive ketones (excluding diaryl/α,β-unsaturated/α-hetero) is 1. The Morgan fingerprint density at radius 3 is 1.75 bits per heavy atom. The summed E-state index contributed by atoms with van der Waals surface area (Å²) in [6.07, 6.45) is 8.78. The van der Waals surface area contributed by atoms with Crippen molar-refractivity contribution < 1.29 is 13.2 Å². The first-order valence-corrected chi connectivity index (χ1v) is 16.3. The summed E-state index contributed by atoms with van der Waals surface area (Å²) in [5.74, 6) is 1.72. The van der Waals surface area contributed by atoms with Crippen LogP contribution in [-0.4, -0.2) is 11.5 Å². The first kappa shape index (κ1) is 28.5. The maximum atomic E-state index is 12.3. The predicted molar refractivity (Wildman–Crippen MR) is 183 cm³/mol. The summed E-state index contributed by atoms with van der Waals surface area (Å²) in [6, 6.07) is 32.8. The molecule has 7 rings (SSSR count). The fourth-order valence-corrected chi connectivity index (χ4v) is 7.91. The fourth-order valence-electron chi connectivity index (χ4n) is 6.46. The van der Waals surface area contributed by atoms with Gasteiger partial charge in [-0.3, -0.25) is 4.79 Å². The van der Waals surface area contributed by atoms with Gasteiger partial charge in [-0.25, -0.2) is 0 Å². The zero-order valence-electron chi connectivity index (χ0n) is 24.2. The summed E-state index contributed by atoms with van der Waals surface area (Å²) in [5, 5.41) is 8.32. The number of hydrogen-bond acceptors (Lipinski definition) is 6. The van der Waals surface area contributed by atoms with Gasteiger partial charge >= 0.3 is 0 Å². The molecule has 0 heterocycles. The van der Waals surface area contributed by atoms with Crippen molar-refractivity contribution in [2.24, 2.45) is 0 Å². The lowest BCUT2D eigenvalue weighted by atomic mass is 9.73. The van der Waals surface area contributed by atoms with Gasteiger partial charge in [0.1, 0.15) is 11.5 Å². The molecule has 1 saturated carbocycles. The highest BCUT2D eigenvalue weighted by Gasteiger charge is 2.37. The van der Waals surface area contributed by atoms with E-state index in [9.17, 15) is 4.79 Å². The summed E-state index contributed by atoms with van der Waals surface area (Å²) < 4.78 is 12.3. The molecule has 0 unspecified atom stereocenters. The van der Waals surface area contributed by atoms with Crippen molar-refractivity contribution in [1.82, 2.24) is 0 Å². The van der Waals surface area contributed by atoms with E-state index in [2.05, 4.69) is 55.1 Å².